The minimum atomic E-state index is 0.584. The van der Waals surface area contributed by atoms with Crippen LogP contribution in [0.4, 0.5) is 0 Å². The van der Waals surface area contributed by atoms with Crippen molar-refractivity contribution in [3.05, 3.63) is 26.6 Å². The quantitative estimate of drug-likeness (QED) is 0.547. The van der Waals surface area contributed by atoms with Crippen molar-refractivity contribution in [2.45, 2.75) is 47.1 Å². The van der Waals surface area contributed by atoms with Gasteiger partial charge in [0, 0.05) is 6.54 Å². The first-order chi connectivity index (χ1) is 9.93. The summed E-state index contributed by atoms with van der Waals surface area (Å²) < 4.78 is 8.00. The third-order valence-corrected chi connectivity index (χ3v) is 4.41. The van der Waals surface area contributed by atoms with E-state index >= 15 is 0 Å². The topological polar surface area (TPSA) is 21.3 Å². The lowest BCUT2D eigenvalue weighted by Gasteiger charge is -2.16. The summed E-state index contributed by atoms with van der Waals surface area (Å²) in [7, 11) is 0. The second-order valence-corrected chi connectivity index (χ2v) is 7.83. The van der Waals surface area contributed by atoms with Crippen LogP contribution in [0.3, 0.4) is 0 Å². The molecule has 2 nitrogen and oxygen atoms in total. The molecule has 0 radical (unpaired) electrons. The van der Waals surface area contributed by atoms with E-state index in [4.69, 9.17) is 4.74 Å². The van der Waals surface area contributed by atoms with Crippen LogP contribution in [0, 0.1) is 11.8 Å². The summed E-state index contributed by atoms with van der Waals surface area (Å²) in [5.41, 5.74) is 1.25. The van der Waals surface area contributed by atoms with Crippen LogP contribution < -0.4 is 10.1 Å². The summed E-state index contributed by atoms with van der Waals surface area (Å²) in [6.07, 6.45) is 2.40. The van der Waals surface area contributed by atoms with Gasteiger partial charge >= 0.3 is 0 Å². The van der Waals surface area contributed by atoms with E-state index < -0.39 is 0 Å². The Kier molecular flexibility index (Phi) is 8.91. The zero-order chi connectivity index (χ0) is 15.8. The zero-order valence-corrected chi connectivity index (χ0v) is 16.7. The van der Waals surface area contributed by atoms with Crippen molar-refractivity contribution in [1.29, 1.82) is 0 Å². The monoisotopic (exact) mass is 419 g/mol. The fraction of sp³-hybridized carbons (Fsp3) is 0.647. The molecule has 0 aromatic heterocycles. The SMILES string of the molecule is CCCC(C)COc1c(Br)cc(CNCC(C)C)cc1Br. The van der Waals surface area contributed by atoms with E-state index in [2.05, 4.69) is 77.0 Å². The lowest BCUT2D eigenvalue weighted by atomic mass is 10.1. The average molecular weight is 421 g/mol. The van der Waals surface area contributed by atoms with Crippen molar-refractivity contribution in [2.75, 3.05) is 13.2 Å². The molecule has 1 unspecified atom stereocenters. The Morgan fingerprint density at radius 2 is 1.76 bits per heavy atom. The third kappa shape index (κ3) is 7.16. The van der Waals surface area contributed by atoms with Crippen molar-refractivity contribution in [2.24, 2.45) is 11.8 Å². The third-order valence-electron chi connectivity index (χ3n) is 3.23. The molecule has 1 rings (SSSR count). The van der Waals surface area contributed by atoms with Crippen LogP contribution >= 0.6 is 31.9 Å². The van der Waals surface area contributed by atoms with Crippen molar-refractivity contribution in [3.8, 4) is 5.75 Å². The molecule has 0 aliphatic heterocycles. The Balaban J connectivity index is 2.62. The van der Waals surface area contributed by atoms with Gasteiger partial charge in [0.2, 0.25) is 0 Å². The molecule has 21 heavy (non-hydrogen) atoms. The van der Waals surface area contributed by atoms with Gasteiger partial charge < -0.3 is 10.1 Å². The number of hydrogen-bond donors (Lipinski definition) is 1. The highest BCUT2D eigenvalue weighted by Crippen LogP contribution is 2.35. The minimum absolute atomic E-state index is 0.584. The fourth-order valence-electron chi connectivity index (χ4n) is 2.16. The number of nitrogens with one attached hydrogen (secondary N) is 1. The van der Waals surface area contributed by atoms with Gasteiger partial charge in [-0.15, -0.1) is 0 Å². The molecule has 0 saturated carbocycles. The molecule has 0 bridgehead atoms. The first kappa shape index (κ1) is 19.0. The van der Waals surface area contributed by atoms with Crippen molar-refractivity contribution in [3.63, 3.8) is 0 Å². The lowest BCUT2D eigenvalue weighted by Crippen LogP contribution is -2.19. The van der Waals surface area contributed by atoms with E-state index in [9.17, 15) is 0 Å². The summed E-state index contributed by atoms with van der Waals surface area (Å²) in [6, 6.07) is 4.27. The van der Waals surface area contributed by atoms with E-state index in [-0.39, 0.29) is 0 Å². The fourth-order valence-corrected chi connectivity index (χ4v) is 3.67. The van der Waals surface area contributed by atoms with E-state index in [1.54, 1.807) is 0 Å². The van der Waals surface area contributed by atoms with Gasteiger partial charge in [-0.1, -0.05) is 34.1 Å². The second kappa shape index (κ2) is 9.86. The van der Waals surface area contributed by atoms with Gasteiger partial charge in [-0.2, -0.15) is 0 Å². The maximum absolute atomic E-state index is 5.97. The normalized spacial score (nSPS) is 12.7. The van der Waals surface area contributed by atoms with Gasteiger partial charge in [-0.3, -0.25) is 0 Å². The van der Waals surface area contributed by atoms with Crippen LogP contribution in [0.15, 0.2) is 21.1 Å². The molecule has 0 saturated heterocycles. The molecular weight excluding hydrogens is 394 g/mol. The molecule has 1 atom stereocenters. The van der Waals surface area contributed by atoms with Crippen molar-refractivity contribution in [1.82, 2.24) is 5.32 Å². The predicted octanol–water partition coefficient (Wildman–Crippen LogP) is 5.77. The van der Waals surface area contributed by atoms with Gasteiger partial charge in [0.05, 0.1) is 15.6 Å². The number of rotatable bonds is 9. The molecular formula is C17H27Br2NO. The highest BCUT2D eigenvalue weighted by atomic mass is 79.9. The molecule has 0 aliphatic carbocycles. The molecule has 0 heterocycles. The summed E-state index contributed by atoms with van der Waals surface area (Å²) in [4.78, 5) is 0. The summed E-state index contributed by atoms with van der Waals surface area (Å²) >= 11 is 7.25. The van der Waals surface area contributed by atoms with Crippen LogP contribution in [0.1, 0.15) is 46.1 Å². The molecule has 4 heteroatoms. The maximum atomic E-state index is 5.97. The number of benzene rings is 1. The number of ether oxygens (including phenoxy) is 1. The molecule has 0 spiro atoms. The van der Waals surface area contributed by atoms with Gasteiger partial charge in [0.15, 0.2) is 0 Å². The Morgan fingerprint density at radius 1 is 1.14 bits per heavy atom. The highest BCUT2D eigenvalue weighted by Gasteiger charge is 2.11. The highest BCUT2D eigenvalue weighted by molar-refractivity contribution is 9.11. The van der Waals surface area contributed by atoms with Crippen molar-refractivity contribution >= 4 is 31.9 Å². The molecule has 1 aromatic carbocycles. The van der Waals surface area contributed by atoms with Crippen LogP contribution in [-0.4, -0.2) is 13.2 Å². The molecule has 1 N–H and O–H groups in total. The minimum Gasteiger partial charge on any atom is -0.491 e. The largest absolute Gasteiger partial charge is 0.491 e. The van der Waals surface area contributed by atoms with E-state index in [1.165, 1.54) is 18.4 Å². The first-order valence-corrected chi connectivity index (χ1v) is 9.34. The standard InChI is InChI=1S/C17H27Br2NO/c1-5-6-13(4)11-21-17-15(18)7-14(8-16(17)19)10-20-9-12(2)3/h7-8,12-13,20H,5-6,9-11H2,1-4H3. The smallest absolute Gasteiger partial charge is 0.147 e. The van der Waals surface area contributed by atoms with E-state index in [0.29, 0.717) is 11.8 Å². The first-order valence-electron chi connectivity index (χ1n) is 7.75. The summed E-state index contributed by atoms with van der Waals surface area (Å²) in [5.74, 6) is 2.16. The average Bonchev–Trinajstić information content (AvgIpc) is 2.37. The number of halogens is 2. The van der Waals surface area contributed by atoms with Crippen LogP contribution in [0.2, 0.25) is 0 Å². The van der Waals surface area contributed by atoms with Crippen LogP contribution in [0.25, 0.3) is 0 Å². The summed E-state index contributed by atoms with van der Waals surface area (Å²) in [6.45, 7) is 11.5. The predicted molar refractivity (Wildman–Crippen MR) is 98.0 cm³/mol. The molecule has 1 aromatic rings. The molecule has 120 valence electrons. The van der Waals surface area contributed by atoms with Gasteiger partial charge in [-0.25, -0.2) is 0 Å². The Morgan fingerprint density at radius 3 is 2.29 bits per heavy atom. The molecule has 0 aliphatic rings. The van der Waals surface area contributed by atoms with Crippen molar-refractivity contribution < 1.29 is 4.74 Å². The van der Waals surface area contributed by atoms with Crippen LogP contribution in [-0.2, 0) is 6.54 Å². The second-order valence-electron chi connectivity index (χ2n) is 6.12. The Labute approximate surface area is 146 Å². The molecule has 0 fully saturated rings. The Hall–Kier alpha value is -0.0600. The number of hydrogen-bond acceptors (Lipinski definition) is 2. The molecule has 0 amide bonds. The van der Waals surface area contributed by atoms with Gasteiger partial charge in [-0.05, 0) is 74.4 Å². The van der Waals surface area contributed by atoms with Gasteiger partial charge in [0.25, 0.3) is 0 Å². The summed E-state index contributed by atoms with van der Waals surface area (Å²) in [5, 5.41) is 3.46. The van der Waals surface area contributed by atoms with Crippen LogP contribution in [0.5, 0.6) is 5.75 Å². The maximum Gasteiger partial charge on any atom is 0.147 e. The van der Waals surface area contributed by atoms with E-state index in [1.807, 2.05) is 0 Å². The van der Waals surface area contributed by atoms with E-state index in [0.717, 1.165) is 34.4 Å². The zero-order valence-electron chi connectivity index (χ0n) is 13.5. The Bertz CT molecular complexity index is 412. The van der Waals surface area contributed by atoms with Gasteiger partial charge in [0.1, 0.15) is 5.75 Å². The lowest BCUT2D eigenvalue weighted by molar-refractivity contribution is 0.249.